The number of rotatable bonds is 0. The van der Waals surface area contributed by atoms with Crippen molar-refractivity contribution in [3.05, 3.63) is 23.2 Å². The van der Waals surface area contributed by atoms with Crippen molar-refractivity contribution in [3.8, 4) is 0 Å². The number of aromatic nitrogens is 2. The Labute approximate surface area is 83.2 Å². The molecule has 0 aliphatic heterocycles. The van der Waals surface area contributed by atoms with Gasteiger partial charge in [-0.05, 0) is 30.0 Å². The minimum Gasteiger partial charge on any atom is -0.197 e. The fourth-order valence-electron chi connectivity index (χ4n) is 1.45. The predicted molar refractivity (Wildman–Crippen MR) is 57.5 cm³/mol. The third-order valence-corrected chi connectivity index (χ3v) is 3.76. The highest BCUT2D eigenvalue weighted by molar-refractivity contribution is 7.15. The maximum Gasteiger partial charge on any atom is 0.103 e. The Hall–Kier alpha value is -1.00. The average molecular weight is 206 g/mol. The molecule has 13 heavy (non-hydrogen) atoms. The normalized spacial score (nSPS) is 11.5. The fourth-order valence-corrected chi connectivity index (χ4v) is 3.06. The van der Waals surface area contributed by atoms with Crippen molar-refractivity contribution in [1.82, 2.24) is 8.75 Å². The summed E-state index contributed by atoms with van der Waals surface area (Å²) in [5, 5.41) is 4.54. The second-order valence-electron chi connectivity index (χ2n) is 2.96. The molecule has 0 fully saturated rings. The van der Waals surface area contributed by atoms with Crippen LogP contribution in [0.15, 0.2) is 17.5 Å². The first-order valence-electron chi connectivity index (χ1n) is 3.95. The zero-order valence-corrected chi connectivity index (χ0v) is 8.58. The van der Waals surface area contributed by atoms with Gasteiger partial charge in [-0.3, -0.25) is 0 Å². The van der Waals surface area contributed by atoms with Crippen molar-refractivity contribution < 1.29 is 0 Å². The van der Waals surface area contributed by atoms with E-state index in [1.54, 1.807) is 11.5 Å². The Bertz CT molecular complexity index is 579. The summed E-state index contributed by atoms with van der Waals surface area (Å²) < 4.78 is 9.92. The molecule has 0 amide bonds. The molecule has 4 heteroatoms. The lowest BCUT2D eigenvalue weighted by Crippen LogP contribution is -1.70. The number of aryl methyl sites for hydroxylation is 1. The van der Waals surface area contributed by atoms with Gasteiger partial charge in [0.2, 0.25) is 0 Å². The van der Waals surface area contributed by atoms with E-state index in [-0.39, 0.29) is 0 Å². The van der Waals surface area contributed by atoms with Crippen LogP contribution in [0.5, 0.6) is 0 Å². The van der Waals surface area contributed by atoms with Gasteiger partial charge in [-0.2, -0.15) is 8.75 Å². The SMILES string of the molecule is Cc1nsc2c1ccc1csnc12. The van der Waals surface area contributed by atoms with E-state index in [1.165, 1.54) is 27.0 Å². The van der Waals surface area contributed by atoms with Crippen LogP contribution < -0.4 is 0 Å². The first-order valence-corrected chi connectivity index (χ1v) is 5.56. The van der Waals surface area contributed by atoms with Crippen LogP contribution in [0.25, 0.3) is 21.0 Å². The van der Waals surface area contributed by atoms with Crippen molar-refractivity contribution in [3.63, 3.8) is 0 Å². The quantitative estimate of drug-likeness (QED) is 0.564. The Morgan fingerprint density at radius 1 is 1.23 bits per heavy atom. The molecule has 64 valence electrons. The number of fused-ring (bicyclic) bond motifs is 3. The van der Waals surface area contributed by atoms with Crippen LogP contribution in [-0.2, 0) is 0 Å². The van der Waals surface area contributed by atoms with Crippen LogP contribution in [-0.4, -0.2) is 8.75 Å². The minimum absolute atomic E-state index is 1.10. The maximum atomic E-state index is 4.37. The molecule has 0 saturated carbocycles. The highest BCUT2D eigenvalue weighted by Gasteiger charge is 2.07. The van der Waals surface area contributed by atoms with Gasteiger partial charge in [0.15, 0.2) is 0 Å². The van der Waals surface area contributed by atoms with E-state index in [2.05, 4.69) is 26.3 Å². The summed E-state index contributed by atoms with van der Waals surface area (Å²) in [6, 6.07) is 4.24. The molecule has 0 bridgehead atoms. The third-order valence-electron chi connectivity index (χ3n) is 2.15. The Balaban J connectivity index is 2.66. The van der Waals surface area contributed by atoms with E-state index in [0.29, 0.717) is 0 Å². The highest BCUT2D eigenvalue weighted by atomic mass is 32.1. The molecule has 0 saturated heterocycles. The van der Waals surface area contributed by atoms with Crippen LogP contribution in [0.1, 0.15) is 5.69 Å². The van der Waals surface area contributed by atoms with Gasteiger partial charge in [0.25, 0.3) is 0 Å². The van der Waals surface area contributed by atoms with E-state index in [0.717, 1.165) is 11.2 Å². The molecule has 1 aromatic carbocycles. The van der Waals surface area contributed by atoms with E-state index in [1.807, 2.05) is 6.92 Å². The van der Waals surface area contributed by atoms with Gasteiger partial charge in [0, 0.05) is 16.2 Å². The number of hydrogen-bond acceptors (Lipinski definition) is 4. The summed E-state index contributed by atoms with van der Waals surface area (Å²) in [7, 11) is 0. The van der Waals surface area contributed by atoms with Gasteiger partial charge in [0.1, 0.15) is 5.52 Å². The van der Waals surface area contributed by atoms with Crippen molar-refractivity contribution in [2.45, 2.75) is 6.92 Å². The molecular weight excluding hydrogens is 200 g/mol. The smallest absolute Gasteiger partial charge is 0.103 e. The largest absolute Gasteiger partial charge is 0.197 e. The van der Waals surface area contributed by atoms with E-state index in [4.69, 9.17) is 0 Å². The third kappa shape index (κ3) is 0.927. The average Bonchev–Trinajstić information content (AvgIpc) is 2.70. The van der Waals surface area contributed by atoms with Gasteiger partial charge >= 0.3 is 0 Å². The standard InChI is InChI=1S/C9H6N2S2/c1-5-7-3-2-6-4-12-11-8(6)9(7)13-10-5/h2-4H,1H3. The van der Waals surface area contributed by atoms with Gasteiger partial charge in [-0.1, -0.05) is 12.1 Å². The maximum absolute atomic E-state index is 4.37. The van der Waals surface area contributed by atoms with Gasteiger partial charge in [-0.25, -0.2) is 0 Å². The Kier molecular flexibility index (Phi) is 1.42. The molecule has 0 aliphatic rings. The molecular formula is C9H6N2S2. The first kappa shape index (κ1) is 7.41. The van der Waals surface area contributed by atoms with E-state index >= 15 is 0 Å². The lowest BCUT2D eigenvalue weighted by molar-refractivity contribution is 1.38. The van der Waals surface area contributed by atoms with Gasteiger partial charge < -0.3 is 0 Å². The number of benzene rings is 1. The summed E-state index contributed by atoms with van der Waals surface area (Å²) in [5.41, 5.74) is 2.21. The van der Waals surface area contributed by atoms with Crippen molar-refractivity contribution in [2.75, 3.05) is 0 Å². The second kappa shape index (κ2) is 2.49. The van der Waals surface area contributed by atoms with Crippen molar-refractivity contribution >= 4 is 44.1 Å². The molecule has 0 aliphatic carbocycles. The summed E-state index contributed by atoms with van der Waals surface area (Å²) in [4.78, 5) is 0. The minimum atomic E-state index is 1.10. The number of hydrogen-bond donors (Lipinski definition) is 0. The first-order chi connectivity index (χ1) is 6.36. The summed E-state index contributed by atoms with van der Waals surface area (Å²) in [6.07, 6.45) is 0. The zero-order valence-electron chi connectivity index (χ0n) is 6.94. The molecule has 2 heterocycles. The monoisotopic (exact) mass is 206 g/mol. The van der Waals surface area contributed by atoms with Gasteiger partial charge in [-0.15, -0.1) is 0 Å². The zero-order chi connectivity index (χ0) is 8.84. The lowest BCUT2D eigenvalue weighted by atomic mass is 10.2. The lowest BCUT2D eigenvalue weighted by Gasteiger charge is -1.89. The second-order valence-corrected chi connectivity index (χ2v) is 4.37. The Morgan fingerprint density at radius 2 is 2.15 bits per heavy atom. The molecule has 3 rings (SSSR count). The molecule has 2 aromatic heterocycles. The molecule has 0 atom stereocenters. The van der Waals surface area contributed by atoms with Crippen LogP contribution in [0, 0.1) is 6.92 Å². The van der Waals surface area contributed by atoms with Crippen LogP contribution in [0.2, 0.25) is 0 Å². The molecule has 0 radical (unpaired) electrons. The van der Waals surface area contributed by atoms with Gasteiger partial charge in [0.05, 0.1) is 10.4 Å². The highest BCUT2D eigenvalue weighted by Crippen LogP contribution is 2.30. The fraction of sp³-hybridized carbons (Fsp3) is 0.111. The van der Waals surface area contributed by atoms with Crippen LogP contribution in [0.3, 0.4) is 0 Å². The molecule has 3 aromatic rings. The topological polar surface area (TPSA) is 25.8 Å². The van der Waals surface area contributed by atoms with Crippen LogP contribution >= 0.6 is 23.1 Å². The van der Waals surface area contributed by atoms with Crippen molar-refractivity contribution in [2.24, 2.45) is 0 Å². The van der Waals surface area contributed by atoms with Crippen molar-refractivity contribution in [1.29, 1.82) is 0 Å². The van der Waals surface area contributed by atoms with E-state index < -0.39 is 0 Å². The summed E-state index contributed by atoms with van der Waals surface area (Å²) >= 11 is 3.05. The molecule has 2 nitrogen and oxygen atoms in total. The summed E-state index contributed by atoms with van der Waals surface area (Å²) in [6.45, 7) is 2.04. The molecule has 0 N–H and O–H groups in total. The van der Waals surface area contributed by atoms with Crippen LogP contribution in [0.4, 0.5) is 0 Å². The molecule has 0 spiro atoms. The molecule has 0 unspecified atom stereocenters. The summed E-state index contributed by atoms with van der Waals surface area (Å²) in [5.74, 6) is 0. The number of nitrogens with zero attached hydrogens (tertiary/aromatic N) is 2. The Morgan fingerprint density at radius 3 is 3.08 bits per heavy atom. The predicted octanol–water partition coefficient (Wildman–Crippen LogP) is 3.21. The van der Waals surface area contributed by atoms with E-state index in [9.17, 15) is 0 Å².